The Labute approximate surface area is 144 Å². The van der Waals surface area contributed by atoms with E-state index in [-0.39, 0.29) is 18.0 Å². The number of amides is 2. The number of hydrogen-bond donors (Lipinski definition) is 3. The lowest BCUT2D eigenvalue weighted by molar-refractivity contribution is -0.384. The Balaban J connectivity index is 2.85. The summed E-state index contributed by atoms with van der Waals surface area (Å²) in [4.78, 5) is 45.0. The number of benzene rings is 1. The molecule has 0 heterocycles. The van der Waals surface area contributed by atoms with E-state index >= 15 is 0 Å². The summed E-state index contributed by atoms with van der Waals surface area (Å²) in [5.74, 6) is -2.45. The van der Waals surface area contributed by atoms with E-state index in [1.807, 2.05) is 0 Å². The zero-order chi connectivity index (χ0) is 19.1. The van der Waals surface area contributed by atoms with Crippen LogP contribution in [0.15, 0.2) is 24.3 Å². The van der Waals surface area contributed by atoms with Crippen LogP contribution in [0.3, 0.4) is 0 Å². The Bertz CT molecular complexity index is 656. The van der Waals surface area contributed by atoms with Crippen LogP contribution in [0.2, 0.25) is 0 Å². The van der Waals surface area contributed by atoms with Crippen molar-refractivity contribution in [3.63, 3.8) is 0 Å². The SMILES string of the molecule is CC(=O)N[C@@H](C(=O)N[C@H](Cc1ccc([N+](=O)[O-])cc1)C(=O)O)C(C)C. The molecule has 9 heteroatoms. The highest BCUT2D eigenvalue weighted by molar-refractivity contribution is 5.90. The van der Waals surface area contributed by atoms with Crippen molar-refractivity contribution in [2.45, 2.75) is 39.3 Å². The van der Waals surface area contributed by atoms with Crippen molar-refractivity contribution in [1.82, 2.24) is 10.6 Å². The van der Waals surface area contributed by atoms with Crippen LogP contribution in [0.4, 0.5) is 5.69 Å². The van der Waals surface area contributed by atoms with Gasteiger partial charge in [0.25, 0.3) is 5.69 Å². The van der Waals surface area contributed by atoms with Gasteiger partial charge in [0.05, 0.1) is 4.92 Å². The summed E-state index contributed by atoms with van der Waals surface area (Å²) in [5.41, 5.74) is 0.420. The Morgan fingerprint density at radius 1 is 1.16 bits per heavy atom. The molecule has 0 fully saturated rings. The maximum Gasteiger partial charge on any atom is 0.326 e. The number of nitrogens with zero attached hydrogens (tertiary/aromatic N) is 1. The van der Waals surface area contributed by atoms with Crippen molar-refractivity contribution < 1.29 is 24.4 Å². The van der Waals surface area contributed by atoms with Crippen LogP contribution in [-0.4, -0.2) is 39.9 Å². The number of carbonyl (C=O) groups is 3. The Morgan fingerprint density at radius 2 is 1.72 bits per heavy atom. The van der Waals surface area contributed by atoms with Gasteiger partial charge in [-0.05, 0) is 11.5 Å². The number of rotatable bonds is 8. The highest BCUT2D eigenvalue weighted by atomic mass is 16.6. The molecule has 0 aromatic heterocycles. The topological polar surface area (TPSA) is 139 Å². The van der Waals surface area contributed by atoms with E-state index in [9.17, 15) is 29.6 Å². The van der Waals surface area contributed by atoms with E-state index in [2.05, 4.69) is 10.6 Å². The van der Waals surface area contributed by atoms with Gasteiger partial charge in [-0.15, -0.1) is 0 Å². The molecule has 0 radical (unpaired) electrons. The molecule has 0 spiro atoms. The molecular weight excluding hydrogens is 330 g/mol. The predicted octanol–water partition coefficient (Wildman–Crippen LogP) is 0.867. The van der Waals surface area contributed by atoms with Crippen molar-refractivity contribution in [1.29, 1.82) is 0 Å². The molecule has 0 aliphatic rings. The molecule has 1 rings (SSSR count). The molecule has 0 unspecified atom stereocenters. The van der Waals surface area contributed by atoms with Crippen molar-refractivity contribution in [2.75, 3.05) is 0 Å². The lowest BCUT2D eigenvalue weighted by atomic mass is 10.0. The average molecular weight is 351 g/mol. The van der Waals surface area contributed by atoms with E-state index in [0.29, 0.717) is 5.56 Å². The molecule has 0 aliphatic heterocycles. The molecular formula is C16H21N3O6. The number of nitrogens with one attached hydrogen (secondary N) is 2. The first-order chi connectivity index (χ1) is 11.6. The molecule has 0 bridgehead atoms. The van der Waals surface area contributed by atoms with Gasteiger partial charge >= 0.3 is 5.97 Å². The second-order valence-corrected chi connectivity index (χ2v) is 5.95. The molecule has 25 heavy (non-hydrogen) atoms. The van der Waals surface area contributed by atoms with Gasteiger partial charge in [0.2, 0.25) is 11.8 Å². The Hall–Kier alpha value is -2.97. The number of carboxylic acids is 1. The lowest BCUT2D eigenvalue weighted by Gasteiger charge is -2.23. The summed E-state index contributed by atoms with van der Waals surface area (Å²) >= 11 is 0. The van der Waals surface area contributed by atoms with Crippen molar-refractivity contribution in [3.05, 3.63) is 39.9 Å². The maximum absolute atomic E-state index is 12.3. The lowest BCUT2D eigenvalue weighted by Crippen LogP contribution is -2.53. The summed E-state index contributed by atoms with van der Waals surface area (Å²) in [7, 11) is 0. The fourth-order valence-electron chi connectivity index (χ4n) is 2.20. The molecule has 0 aliphatic carbocycles. The summed E-state index contributed by atoms with van der Waals surface area (Å²) < 4.78 is 0. The smallest absolute Gasteiger partial charge is 0.326 e. The van der Waals surface area contributed by atoms with Gasteiger partial charge in [-0.2, -0.15) is 0 Å². The summed E-state index contributed by atoms with van der Waals surface area (Å²) in [6.45, 7) is 4.73. The first kappa shape index (κ1) is 20.1. The quantitative estimate of drug-likeness (QED) is 0.469. The third kappa shape index (κ3) is 6.21. The van der Waals surface area contributed by atoms with Gasteiger partial charge in [0, 0.05) is 25.5 Å². The minimum absolute atomic E-state index is 0.0377. The van der Waals surface area contributed by atoms with E-state index in [4.69, 9.17) is 0 Å². The molecule has 0 saturated carbocycles. The number of hydrogen-bond acceptors (Lipinski definition) is 5. The zero-order valence-corrected chi connectivity index (χ0v) is 14.2. The minimum atomic E-state index is -1.24. The largest absolute Gasteiger partial charge is 0.480 e. The van der Waals surface area contributed by atoms with Crippen molar-refractivity contribution in [2.24, 2.45) is 5.92 Å². The van der Waals surface area contributed by atoms with Crippen molar-refractivity contribution in [3.8, 4) is 0 Å². The first-order valence-electron chi connectivity index (χ1n) is 7.65. The first-order valence-corrected chi connectivity index (χ1v) is 7.65. The van der Waals surface area contributed by atoms with Crippen LogP contribution >= 0.6 is 0 Å². The van der Waals surface area contributed by atoms with E-state index in [1.54, 1.807) is 13.8 Å². The zero-order valence-electron chi connectivity index (χ0n) is 14.2. The summed E-state index contributed by atoms with van der Waals surface area (Å²) in [5, 5.41) is 24.8. The van der Waals surface area contributed by atoms with Gasteiger partial charge in [-0.3, -0.25) is 19.7 Å². The maximum atomic E-state index is 12.3. The normalized spacial score (nSPS) is 13.0. The monoisotopic (exact) mass is 351 g/mol. The van der Waals surface area contributed by atoms with Gasteiger partial charge in [-0.1, -0.05) is 26.0 Å². The van der Waals surface area contributed by atoms with Crippen LogP contribution < -0.4 is 10.6 Å². The predicted molar refractivity (Wildman–Crippen MR) is 88.8 cm³/mol. The molecule has 0 saturated heterocycles. The molecule has 136 valence electrons. The third-order valence-electron chi connectivity index (χ3n) is 3.51. The second kappa shape index (κ2) is 8.76. The van der Waals surface area contributed by atoms with E-state index in [1.165, 1.54) is 31.2 Å². The van der Waals surface area contributed by atoms with Crippen LogP contribution in [0.1, 0.15) is 26.3 Å². The highest BCUT2D eigenvalue weighted by Crippen LogP contribution is 2.13. The molecule has 2 amide bonds. The molecule has 3 N–H and O–H groups in total. The van der Waals surface area contributed by atoms with Crippen LogP contribution in [-0.2, 0) is 20.8 Å². The molecule has 9 nitrogen and oxygen atoms in total. The number of non-ortho nitro benzene ring substituents is 1. The third-order valence-corrected chi connectivity index (χ3v) is 3.51. The number of nitro groups is 1. The minimum Gasteiger partial charge on any atom is -0.480 e. The molecule has 1 aromatic carbocycles. The molecule has 1 aromatic rings. The van der Waals surface area contributed by atoms with Gasteiger partial charge in [-0.25, -0.2) is 4.79 Å². The molecule has 2 atom stereocenters. The number of carboxylic acid groups (broad SMARTS) is 1. The number of aliphatic carboxylic acids is 1. The number of nitro benzene ring substituents is 1. The van der Waals surface area contributed by atoms with Gasteiger partial charge in [0.15, 0.2) is 0 Å². The van der Waals surface area contributed by atoms with Crippen LogP contribution in [0.5, 0.6) is 0 Å². The van der Waals surface area contributed by atoms with Gasteiger partial charge < -0.3 is 15.7 Å². The van der Waals surface area contributed by atoms with E-state index in [0.717, 1.165) is 0 Å². The number of carbonyl (C=O) groups excluding carboxylic acids is 2. The van der Waals surface area contributed by atoms with Gasteiger partial charge in [0.1, 0.15) is 12.1 Å². The Morgan fingerprint density at radius 3 is 2.12 bits per heavy atom. The average Bonchev–Trinajstić information content (AvgIpc) is 2.51. The van der Waals surface area contributed by atoms with E-state index < -0.39 is 34.8 Å². The van der Waals surface area contributed by atoms with Crippen LogP contribution in [0.25, 0.3) is 0 Å². The summed E-state index contributed by atoms with van der Waals surface area (Å²) in [6.07, 6.45) is -0.0377. The summed E-state index contributed by atoms with van der Waals surface area (Å²) in [6, 6.07) is 3.34. The fourth-order valence-corrected chi connectivity index (χ4v) is 2.20. The Kier molecular flexibility index (Phi) is 7.04. The highest BCUT2D eigenvalue weighted by Gasteiger charge is 2.28. The fraction of sp³-hybridized carbons (Fsp3) is 0.438. The standard InChI is InChI=1S/C16H21N3O6/c1-9(2)14(17-10(3)20)15(21)18-13(16(22)23)8-11-4-6-12(7-5-11)19(24)25/h4-7,9,13-14H,8H2,1-3H3,(H,17,20)(H,18,21)(H,22,23)/t13-,14-/m1/s1. The van der Waals surface area contributed by atoms with Crippen LogP contribution in [0, 0.1) is 16.0 Å². The van der Waals surface area contributed by atoms with Crippen molar-refractivity contribution >= 4 is 23.5 Å². The second-order valence-electron chi connectivity index (χ2n) is 5.95.